The van der Waals surface area contributed by atoms with Crippen LogP contribution in [0.4, 0.5) is 0 Å². The lowest BCUT2D eigenvalue weighted by Crippen LogP contribution is -2.46. The van der Waals surface area contributed by atoms with Gasteiger partial charge >= 0.3 is 0 Å². The molecule has 0 aliphatic heterocycles. The van der Waals surface area contributed by atoms with Crippen molar-refractivity contribution < 1.29 is 4.79 Å². The first-order valence-electron chi connectivity index (χ1n) is 6.57. The van der Waals surface area contributed by atoms with Gasteiger partial charge in [-0.3, -0.25) is 4.79 Å². The summed E-state index contributed by atoms with van der Waals surface area (Å²) in [5.74, 6) is 0.695. The predicted octanol–water partition coefficient (Wildman–Crippen LogP) is 1.19. The molecule has 0 heterocycles. The molecule has 4 heteroatoms. The van der Waals surface area contributed by atoms with E-state index in [9.17, 15) is 4.79 Å². The Labute approximate surface area is 106 Å². The summed E-state index contributed by atoms with van der Waals surface area (Å²) in [5, 5.41) is 0. The van der Waals surface area contributed by atoms with Crippen molar-refractivity contribution in [1.82, 2.24) is 4.90 Å². The highest BCUT2D eigenvalue weighted by Crippen LogP contribution is 2.09. The molecule has 0 saturated carbocycles. The van der Waals surface area contributed by atoms with Crippen LogP contribution in [0.5, 0.6) is 0 Å². The standard InChI is InChI=1S/C13H29N3O/c1-6-10(4)12(15)13(17)16(5)8-7-11(14)9(2)3/h9-12H,6-8,14-15H2,1-5H3. The zero-order valence-corrected chi connectivity index (χ0v) is 11.9. The zero-order valence-electron chi connectivity index (χ0n) is 11.9. The molecule has 3 atom stereocenters. The molecule has 4 N–H and O–H groups in total. The van der Waals surface area contributed by atoms with E-state index in [0.29, 0.717) is 12.5 Å². The van der Waals surface area contributed by atoms with Gasteiger partial charge in [0.25, 0.3) is 0 Å². The Bertz CT molecular complexity index is 231. The fourth-order valence-electron chi connectivity index (χ4n) is 1.54. The van der Waals surface area contributed by atoms with Crippen molar-refractivity contribution in [2.75, 3.05) is 13.6 Å². The second kappa shape index (κ2) is 7.67. The second-order valence-electron chi connectivity index (χ2n) is 5.37. The molecule has 0 fully saturated rings. The number of rotatable bonds is 7. The minimum atomic E-state index is -0.389. The summed E-state index contributed by atoms with van der Waals surface area (Å²) in [5.41, 5.74) is 11.9. The van der Waals surface area contributed by atoms with Crippen molar-refractivity contribution in [3.05, 3.63) is 0 Å². The summed E-state index contributed by atoms with van der Waals surface area (Å²) in [6, 6.07) is -0.245. The summed E-state index contributed by atoms with van der Waals surface area (Å²) in [7, 11) is 1.80. The number of nitrogens with zero attached hydrogens (tertiary/aromatic N) is 1. The first-order valence-corrected chi connectivity index (χ1v) is 6.57. The smallest absolute Gasteiger partial charge is 0.239 e. The summed E-state index contributed by atoms with van der Waals surface area (Å²) in [4.78, 5) is 13.7. The molecular formula is C13H29N3O. The molecule has 0 bridgehead atoms. The van der Waals surface area contributed by atoms with Gasteiger partial charge in [-0.15, -0.1) is 0 Å². The van der Waals surface area contributed by atoms with Gasteiger partial charge in [-0.25, -0.2) is 0 Å². The Morgan fingerprint density at radius 2 is 1.76 bits per heavy atom. The molecule has 0 rings (SSSR count). The third-order valence-corrected chi connectivity index (χ3v) is 3.57. The van der Waals surface area contributed by atoms with E-state index in [2.05, 4.69) is 13.8 Å². The Kier molecular flexibility index (Phi) is 7.39. The Morgan fingerprint density at radius 3 is 2.18 bits per heavy atom. The van der Waals surface area contributed by atoms with Gasteiger partial charge in [0.2, 0.25) is 5.91 Å². The van der Waals surface area contributed by atoms with Crippen LogP contribution in [0.25, 0.3) is 0 Å². The fourth-order valence-corrected chi connectivity index (χ4v) is 1.54. The lowest BCUT2D eigenvalue weighted by Gasteiger charge is -2.26. The van der Waals surface area contributed by atoms with Gasteiger partial charge in [-0.05, 0) is 18.3 Å². The van der Waals surface area contributed by atoms with Crippen molar-refractivity contribution in [2.24, 2.45) is 23.3 Å². The van der Waals surface area contributed by atoms with Crippen molar-refractivity contribution in [3.63, 3.8) is 0 Å². The van der Waals surface area contributed by atoms with Gasteiger partial charge in [-0.1, -0.05) is 34.1 Å². The van der Waals surface area contributed by atoms with Crippen LogP contribution in [0, 0.1) is 11.8 Å². The Balaban J connectivity index is 4.14. The zero-order chi connectivity index (χ0) is 13.6. The average molecular weight is 243 g/mol. The number of hydrogen-bond donors (Lipinski definition) is 2. The maximum atomic E-state index is 12.0. The highest BCUT2D eigenvalue weighted by atomic mass is 16.2. The Hall–Kier alpha value is -0.610. The summed E-state index contributed by atoms with van der Waals surface area (Å²) in [6.45, 7) is 8.93. The number of amides is 1. The van der Waals surface area contributed by atoms with Crippen molar-refractivity contribution >= 4 is 5.91 Å². The molecule has 0 radical (unpaired) electrons. The molecule has 17 heavy (non-hydrogen) atoms. The van der Waals surface area contributed by atoms with Crippen molar-refractivity contribution in [3.8, 4) is 0 Å². The van der Waals surface area contributed by atoms with Crippen LogP contribution in [0.15, 0.2) is 0 Å². The largest absolute Gasteiger partial charge is 0.344 e. The highest BCUT2D eigenvalue weighted by Gasteiger charge is 2.23. The van der Waals surface area contributed by atoms with E-state index in [0.717, 1.165) is 12.8 Å². The molecule has 4 nitrogen and oxygen atoms in total. The lowest BCUT2D eigenvalue weighted by atomic mass is 9.98. The van der Waals surface area contributed by atoms with Gasteiger partial charge in [0.1, 0.15) is 0 Å². The van der Waals surface area contributed by atoms with E-state index < -0.39 is 0 Å². The SMILES string of the molecule is CCC(C)C(N)C(=O)N(C)CCC(N)C(C)C. The van der Waals surface area contributed by atoms with Crippen LogP contribution in [0.3, 0.4) is 0 Å². The van der Waals surface area contributed by atoms with Gasteiger partial charge in [0.05, 0.1) is 6.04 Å². The second-order valence-corrected chi connectivity index (χ2v) is 5.37. The number of likely N-dealkylation sites (N-methyl/N-ethyl adjacent to an activating group) is 1. The third-order valence-electron chi connectivity index (χ3n) is 3.57. The van der Waals surface area contributed by atoms with E-state index in [-0.39, 0.29) is 23.9 Å². The quantitative estimate of drug-likeness (QED) is 0.705. The van der Waals surface area contributed by atoms with Crippen molar-refractivity contribution in [2.45, 2.75) is 52.6 Å². The molecule has 0 aliphatic rings. The van der Waals surface area contributed by atoms with Crippen LogP contribution in [0.1, 0.15) is 40.5 Å². The first-order chi connectivity index (χ1) is 7.81. The topological polar surface area (TPSA) is 72.4 Å². The average Bonchev–Trinajstić information content (AvgIpc) is 2.32. The van der Waals surface area contributed by atoms with Crippen LogP contribution in [-0.2, 0) is 4.79 Å². The number of carbonyl (C=O) groups excluding carboxylic acids is 1. The number of nitrogens with two attached hydrogens (primary N) is 2. The van der Waals surface area contributed by atoms with E-state index in [1.165, 1.54) is 0 Å². The number of carbonyl (C=O) groups is 1. The van der Waals surface area contributed by atoms with E-state index in [1.807, 2.05) is 13.8 Å². The minimum absolute atomic E-state index is 0.0234. The number of hydrogen-bond acceptors (Lipinski definition) is 3. The van der Waals surface area contributed by atoms with E-state index in [4.69, 9.17) is 11.5 Å². The summed E-state index contributed by atoms with van der Waals surface area (Å²) in [6.07, 6.45) is 1.75. The minimum Gasteiger partial charge on any atom is -0.344 e. The molecule has 0 aliphatic carbocycles. The Morgan fingerprint density at radius 1 is 1.24 bits per heavy atom. The van der Waals surface area contributed by atoms with E-state index >= 15 is 0 Å². The van der Waals surface area contributed by atoms with Gasteiger partial charge in [0, 0.05) is 19.6 Å². The maximum Gasteiger partial charge on any atom is 0.239 e. The molecule has 0 saturated heterocycles. The maximum absolute atomic E-state index is 12.0. The molecule has 1 amide bonds. The molecular weight excluding hydrogens is 214 g/mol. The third kappa shape index (κ3) is 5.50. The molecule has 3 unspecified atom stereocenters. The molecule has 0 aromatic heterocycles. The van der Waals surface area contributed by atoms with Crippen LogP contribution in [0.2, 0.25) is 0 Å². The molecule has 0 aromatic rings. The van der Waals surface area contributed by atoms with Crippen molar-refractivity contribution in [1.29, 1.82) is 0 Å². The van der Waals surface area contributed by atoms with Crippen LogP contribution in [-0.4, -0.2) is 36.5 Å². The van der Waals surface area contributed by atoms with Crippen LogP contribution >= 0.6 is 0 Å². The summed E-state index contributed by atoms with van der Waals surface area (Å²) >= 11 is 0. The van der Waals surface area contributed by atoms with Gasteiger partial charge in [-0.2, -0.15) is 0 Å². The molecule has 0 aromatic carbocycles. The first kappa shape index (κ1) is 16.4. The normalized spacial score (nSPS) is 16.7. The van der Waals surface area contributed by atoms with Gasteiger partial charge < -0.3 is 16.4 Å². The lowest BCUT2D eigenvalue weighted by molar-refractivity contribution is -0.132. The highest BCUT2D eigenvalue weighted by molar-refractivity contribution is 5.81. The van der Waals surface area contributed by atoms with Gasteiger partial charge in [0.15, 0.2) is 0 Å². The molecule has 102 valence electrons. The monoisotopic (exact) mass is 243 g/mol. The fraction of sp³-hybridized carbons (Fsp3) is 0.923. The molecule has 0 spiro atoms. The summed E-state index contributed by atoms with van der Waals surface area (Å²) < 4.78 is 0. The van der Waals surface area contributed by atoms with Crippen LogP contribution < -0.4 is 11.5 Å². The predicted molar refractivity (Wildman–Crippen MR) is 72.5 cm³/mol. The van der Waals surface area contributed by atoms with E-state index in [1.54, 1.807) is 11.9 Å².